The molecule has 0 radical (unpaired) electrons. The zero-order chi connectivity index (χ0) is 15.1. The molecule has 0 rings (SSSR count). The summed E-state index contributed by atoms with van der Waals surface area (Å²) in [6, 6.07) is 0. The first-order valence-electron chi connectivity index (χ1n) is 6.54. The van der Waals surface area contributed by atoms with Gasteiger partial charge in [-0.2, -0.15) is 11.8 Å². The van der Waals surface area contributed by atoms with Crippen LogP contribution in [0.3, 0.4) is 0 Å². The second kappa shape index (κ2) is 7.78. The average molecular weight is 290 g/mol. The average Bonchev–Trinajstić information content (AvgIpc) is 2.36. The SMILES string of the molecule is CCCCC(CSC(C)(C)C)(C(=O)OC)C(=O)OC. The molecular formula is C14H26O4S. The third-order valence-corrected chi connectivity index (χ3v) is 4.36. The predicted octanol–water partition coefficient (Wildman–Crippen LogP) is 3.04. The van der Waals surface area contributed by atoms with Crippen molar-refractivity contribution in [3.05, 3.63) is 0 Å². The first-order chi connectivity index (χ1) is 8.73. The Morgan fingerprint density at radius 2 is 1.53 bits per heavy atom. The van der Waals surface area contributed by atoms with Crippen LogP contribution in [0.15, 0.2) is 0 Å². The fraction of sp³-hybridized carbons (Fsp3) is 0.857. The highest BCUT2D eigenvalue weighted by molar-refractivity contribution is 8.00. The van der Waals surface area contributed by atoms with Gasteiger partial charge in [0.05, 0.1) is 14.2 Å². The van der Waals surface area contributed by atoms with Crippen molar-refractivity contribution < 1.29 is 19.1 Å². The summed E-state index contributed by atoms with van der Waals surface area (Å²) >= 11 is 1.58. The number of methoxy groups -OCH3 is 2. The summed E-state index contributed by atoms with van der Waals surface area (Å²) in [6.45, 7) is 8.18. The third kappa shape index (κ3) is 5.43. The molecule has 0 saturated heterocycles. The topological polar surface area (TPSA) is 52.6 Å². The van der Waals surface area contributed by atoms with Crippen molar-refractivity contribution >= 4 is 23.7 Å². The Kier molecular flexibility index (Phi) is 7.49. The summed E-state index contributed by atoms with van der Waals surface area (Å²) in [5, 5.41) is 0. The van der Waals surface area contributed by atoms with E-state index in [1.807, 2.05) is 6.92 Å². The fourth-order valence-corrected chi connectivity index (χ4v) is 2.75. The molecule has 0 bridgehead atoms. The summed E-state index contributed by atoms with van der Waals surface area (Å²) in [4.78, 5) is 24.2. The van der Waals surface area contributed by atoms with Crippen molar-refractivity contribution in [2.75, 3.05) is 20.0 Å². The number of carbonyl (C=O) groups excluding carboxylic acids is 2. The minimum atomic E-state index is -1.18. The lowest BCUT2D eigenvalue weighted by atomic mass is 9.84. The number of hydrogen-bond donors (Lipinski definition) is 0. The Morgan fingerprint density at radius 1 is 1.05 bits per heavy atom. The van der Waals surface area contributed by atoms with Crippen LogP contribution >= 0.6 is 11.8 Å². The molecule has 0 aromatic rings. The van der Waals surface area contributed by atoms with Gasteiger partial charge in [-0.3, -0.25) is 9.59 Å². The molecule has 0 saturated carbocycles. The Labute approximate surface area is 120 Å². The number of esters is 2. The van der Waals surface area contributed by atoms with Gasteiger partial charge in [0.25, 0.3) is 0 Å². The lowest BCUT2D eigenvalue weighted by Gasteiger charge is -2.30. The van der Waals surface area contributed by atoms with Crippen molar-refractivity contribution in [1.82, 2.24) is 0 Å². The molecule has 112 valence electrons. The number of unbranched alkanes of at least 4 members (excludes halogenated alkanes) is 1. The second-order valence-corrected chi connectivity index (χ2v) is 7.37. The normalized spacial score (nSPS) is 12.1. The van der Waals surface area contributed by atoms with E-state index < -0.39 is 17.4 Å². The number of ether oxygens (including phenoxy) is 2. The van der Waals surface area contributed by atoms with Crippen molar-refractivity contribution in [1.29, 1.82) is 0 Å². The van der Waals surface area contributed by atoms with Crippen molar-refractivity contribution in [3.63, 3.8) is 0 Å². The quantitative estimate of drug-likeness (QED) is 0.533. The molecule has 0 aromatic carbocycles. The summed E-state index contributed by atoms with van der Waals surface area (Å²) in [5.74, 6) is -0.607. The Hall–Kier alpha value is -0.710. The number of thioether (sulfide) groups is 1. The van der Waals surface area contributed by atoms with Gasteiger partial charge in [0, 0.05) is 10.5 Å². The molecule has 0 aliphatic rings. The molecule has 5 heteroatoms. The van der Waals surface area contributed by atoms with Crippen LogP contribution < -0.4 is 0 Å². The molecule has 0 amide bonds. The largest absolute Gasteiger partial charge is 0.468 e. The molecule has 0 spiro atoms. The maximum absolute atomic E-state index is 12.1. The number of hydrogen-bond acceptors (Lipinski definition) is 5. The van der Waals surface area contributed by atoms with E-state index in [-0.39, 0.29) is 4.75 Å². The predicted molar refractivity (Wildman–Crippen MR) is 78.2 cm³/mol. The molecular weight excluding hydrogens is 264 g/mol. The summed E-state index contributed by atoms with van der Waals surface area (Å²) in [6.07, 6.45) is 2.16. The van der Waals surface area contributed by atoms with E-state index in [0.29, 0.717) is 12.2 Å². The van der Waals surface area contributed by atoms with Gasteiger partial charge < -0.3 is 9.47 Å². The fourth-order valence-electron chi connectivity index (χ4n) is 1.69. The van der Waals surface area contributed by atoms with Gasteiger partial charge in [0.15, 0.2) is 5.41 Å². The monoisotopic (exact) mass is 290 g/mol. The summed E-state index contributed by atoms with van der Waals surface area (Å²) < 4.78 is 9.67. The van der Waals surface area contributed by atoms with E-state index in [2.05, 4.69) is 20.8 Å². The minimum absolute atomic E-state index is 0.0283. The summed E-state index contributed by atoms with van der Waals surface area (Å²) in [7, 11) is 2.63. The van der Waals surface area contributed by atoms with Gasteiger partial charge in [-0.25, -0.2) is 0 Å². The Bertz CT molecular complexity index is 291. The molecule has 0 aliphatic carbocycles. The molecule has 0 N–H and O–H groups in total. The van der Waals surface area contributed by atoms with Gasteiger partial charge in [-0.15, -0.1) is 0 Å². The van der Waals surface area contributed by atoms with E-state index in [1.54, 1.807) is 11.8 Å². The van der Waals surface area contributed by atoms with Gasteiger partial charge in [-0.1, -0.05) is 40.5 Å². The second-order valence-electron chi connectivity index (χ2n) is 5.57. The van der Waals surface area contributed by atoms with E-state index >= 15 is 0 Å². The molecule has 0 aromatic heterocycles. The van der Waals surface area contributed by atoms with Crippen LogP contribution in [0.25, 0.3) is 0 Å². The molecule has 0 aliphatic heterocycles. The molecule has 19 heavy (non-hydrogen) atoms. The lowest BCUT2D eigenvalue weighted by Crippen LogP contribution is -2.44. The number of carbonyl (C=O) groups is 2. The minimum Gasteiger partial charge on any atom is -0.468 e. The van der Waals surface area contributed by atoms with E-state index in [0.717, 1.165) is 12.8 Å². The highest BCUT2D eigenvalue weighted by Gasteiger charge is 2.48. The van der Waals surface area contributed by atoms with Gasteiger partial charge in [0.2, 0.25) is 0 Å². The van der Waals surface area contributed by atoms with Crippen LogP contribution in [0.2, 0.25) is 0 Å². The van der Waals surface area contributed by atoms with Crippen LogP contribution in [0.5, 0.6) is 0 Å². The highest BCUT2D eigenvalue weighted by atomic mass is 32.2. The number of rotatable bonds is 7. The van der Waals surface area contributed by atoms with E-state index in [9.17, 15) is 9.59 Å². The molecule has 0 fully saturated rings. The van der Waals surface area contributed by atoms with Crippen LogP contribution in [0.4, 0.5) is 0 Å². The zero-order valence-corrected chi connectivity index (χ0v) is 13.7. The molecule has 0 heterocycles. The smallest absolute Gasteiger partial charge is 0.324 e. The van der Waals surface area contributed by atoms with Gasteiger partial charge in [-0.05, 0) is 6.42 Å². The lowest BCUT2D eigenvalue weighted by molar-refractivity contribution is -0.167. The maximum Gasteiger partial charge on any atom is 0.324 e. The van der Waals surface area contributed by atoms with Gasteiger partial charge in [0.1, 0.15) is 0 Å². The van der Waals surface area contributed by atoms with Crippen LogP contribution in [0.1, 0.15) is 47.0 Å². The van der Waals surface area contributed by atoms with Crippen molar-refractivity contribution in [3.8, 4) is 0 Å². The molecule has 0 atom stereocenters. The Morgan fingerprint density at radius 3 is 1.84 bits per heavy atom. The standard InChI is InChI=1S/C14H26O4S/c1-7-8-9-14(11(15)17-5,12(16)18-6)10-19-13(2,3)4/h7-10H2,1-6H3. The zero-order valence-electron chi connectivity index (χ0n) is 12.9. The van der Waals surface area contributed by atoms with Crippen molar-refractivity contribution in [2.45, 2.75) is 51.7 Å². The van der Waals surface area contributed by atoms with Crippen LogP contribution in [-0.4, -0.2) is 36.7 Å². The Balaban J connectivity index is 5.23. The summed E-state index contributed by atoms with van der Waals surface area (Å²) in [5.41, 5.74) is -1.18. The van der Waals surface area contributed by atoms with E-state index in [4.69, 9.17) is 9.47 Å². The third-order valence-electron chi connectivity index (χ3n) is 2.86. The van der Waals surface area contributed by atoms with E-state index in [1.165, 1.54) is 14.2 Å². The van der Waals surface area contributed by atoms with Crippen LogP contribution in [-0.2, 0) is 19.1 Å². The highest BCUT2D eigenvalue weighted by Crippen LogP contribution is 2.37. The van der Waals surface area contributed by atoms with Gasteiger partial charge >= 0.3 is 11.9 Å². The molecule has 0 unspecified atom stereocenters. The maximum atomic E-state index is 12.1. The molecule has 4 nitrogen and oxygen atoms in total. The van der Waals surface area contributed by atoms with Crippen molar-refractivity contribution in [2.24, 2.45) is 5.41 Å². The first kappa shape index (κ1) is 18.3. The first-order valence-corrected chi connectivity index (χ1v) is 7.53. The van der Waals surface area contributed by atoms with Crippen LogP contribution in [0, 0.1) is 5.41 Å².